The third kappa shape index (κ3) is 4.18. The molecular formula is C19H18ClFN4O3S. The summed E-state index contributed by atoms with van der Waals surface area (Å²) < 4.78 is 45.9. The fourth-order valence-electron chi connectivity index (χ4n) is 3.18. The maximum atomic E-state index is 13.9. The van der Waals surface area contributed by atoms with Crippen molar-refractivity contribution in [3.8, 4) is 11.4 Å². The van der Waals surface area contributed by atoms with E-state index in [0.717, 1.165) is 6.07 Å². The van der Waals surface area contributed by atoms with Crippen molar-refractivity contribution < 1.29 is 17.3 Å². The summed E-state index contributed by atoms with van der Waals surface area (Å²) >= 11 is 6.16. The first-order valence-corrected chi connectivity index (χ1v) is 10.8. The lowest BCUT2D eigenvalue weighted by molar-refractivity contribution is 0.163. The molecular weight excluding hydrogens is 419 g/mol. The summed E-state index contributed by atoms with van der Waals surface area (Å²) in [5, 5.41) is 4.51. The summed E-state index contributed by atoms with van der Waals surface area (Å²) in [6.45, 7) is 1.84. The zero-order valence-electron chi connectivity index (χ0n) is 15.3. The van der Waals surface area contributed by atoms with Crippen molar-refractivity contribution in [2.24, 2.45) is 0 Å². The van der Waals surface area contributed by atoms with Gasteiger partial charge in [0.1, 0.15) is 10.7 Å². The highest BCUT2D eigenvalue weighted by Crippen LogP contribution is 2.25. The molecule has 152 valence electrons. The molecule has 0 unspecified atom stereocenters. The van der Waals surface area contributed by atoms with Gasteiger partial charge in [-0.05, 0) is 24.3 Å². The van der Waals surface area contributed by atoms with Crippen LogP contribution in [0.3, 0.4) is 0 Å². The fourth-order valence-corrected chi connectivity index (χ4v) is 4.89. The summed E-state index contributed by atoms with van der Waals surface area (Å²) in [6, 6.07) is 12.6. The van der Waals surface area contributed by atoms with Crippen LogP contribution >= 0.6 is 11.6 Å². The number of piperazine rings is 1. The molecule has 0 saturated carbocycles. The molecule has 1 aromatic heterocycles. The van der Waals surface area contributed by atoms with Gasteiger partial charge in [0.25, 0.3) is 0 Å². The number of sulfonamides is 1. The van der Waals surface area contributed by atoms with Crippen LogP contribution in [0, 0.1) is 5.82 Å². The Hall–Kier alpha value is -2.33. The molecule has 4 rings (SSSR count). The van der Waals surface area contributed by atoms with Crippen LogP contribution in [0.25, 0.3) is 11.4 Å². The molecule has 1 aliphatic rings. The standard InChI is InChI=1S/C19H18ClFN4O3S/c20-15-6-2-1-5-14(15)19-22-18(28-23-19)13-24-9-11-25(12-10-24)29(26,27)17-8-4-3-7-16(17)21/h1-8H,9-13H2. The molecule has 0 aliphatic carbocycles. The molecule has 2 aromatic carbocycles. The molecule has 0 radical (unpaired) electrons. The number of benzene rings is 2. The van der Waals surface area contributed by atoms with Gasteiger partial charge in [0, 0.05) is 31.7 Å². The number of rotatable bonds is 5. The lowest BCUT2D eigenvalue weighted by Gasteiger charge is -2.33. The smallest absolute Gasteiger partial charge is 0.246 e. The third-order valence-electron chi connectivity index (χ3n) is 4.73. The second kappa shape index (κ2) is 8.19. The van der Waals surface area contributed by atoms with E-state index < -0.39 is 15.8 Å². The first kappa shape index (κ1) is 20.0. The molecule has 1 aliphatic heterocycles. The van der Waals surface area contributed by atoms with E-state index in [1.165, 1.54) is 22.5 Å². The normalized spacial score (nSPS) is 16.2. The lowest BCUT2D eigenvalue weighted by atomic mass is 10.2. The van der Waals surface area contributed by atoms with Crippen LogP contribution in [0.4, 0.5) is 4.39 Å². The van der Waals surface area contributed by atoms with Crippen molar-refractivity contribution in [1.29, 1.82) is 0 Å². The summed E-state index contributed by atoms with van der Waals surface area (Å²) in [7, 11) is -3.86. The molecule has 1 fully saturated rings. The van der Waals surface area contributed by atoms with Gasteiger partial charge in [0.15, 0.2) is 0 Å². The summed E-state index contributed by atoms with van der Waals surface area (Å²) in [6.07, 6.45) is 0. The molecule has 0 N–H and O–H groups in total. The molecule has 29 heavy (non-hydrogen) atoms. The first-order chi connectivity index (χ1) is 13.9. The van der Waals surface area contributed by atoms with E-state index in [2.05, 4.69) is 10.1 Å². The maximum absolute atomic E-state index is 13.9. The Kier molecular flexibility index (Phi) is 5.64. The Morgan fingerprint density at radius 3 is 2.45 bits per heavy atom. The Bertz CT molecular complexity index is 1110. The number of hydrogen-bond donors (Lipinski definition) is 0. The summed E-state index contributed by atoms with van der Waals surface area (Å²) in [5.74, 6) is 0.0876. The van der Waals surface area contributed by atoms with Gasteiger partial charge >= 0.3 is 0 Å². The Balaban J connectivity index is 1.40. The number of halogens is 2. The lowest BCUT2D eigenvalue weighted by Crippen LogP contribution is -2.48. The zero-order valence-corrected chi connectivity index (χ0v) is 16.9. The molecule has 2 heterocycles. The van der Waals surface area contributed by atoms with Gasteiger partial charge in [-0.3, -0.25) is 4.90 Å². The highest BCUT2D eigenvalue weighted by Gasteiger charge is 2.30. The molecule has 7 nitrogen and oxygen atoms in total. The van der Waals surface area contributed by atoms with Crippen LogP contribution in [0.1, 0.15) is 5.89 Å². The maximum Gasteiger partial charge on any atom is 0.246 e. The molecule has 10 heteroatoms. The third-order valence-corrected chi connectivity index (χ3v) is 6.99. The highest BCUT2D eigenvalue weighted by atomic mass is 35.5. The largest absolute Gasteiger partial charge is 0.338 e. The molecule has 1 saturated heterocycles. The Labute approximate surface area is 172 Å². The van der Waals surface area contributed by atoms with Gasteiger partial charge in [-0.1, -0.05) is 41.0 Å². The molecule has 0 spiro atoms. The molecule has 0 bridgehead atoms. The van der Waals surface area contributed by atoms with Gasteiger partial charge in [0.2, 0.25) is 21.7 Å². The topological polar surface area (TPSA) is 79.5 Å². The summed E-state index contributed by atoms with van der Waals surface area (Å²) in [4.78, 5) is 6.09. The van der Waals surface area contributed by atoms with Gasteiger partial charge < -0.3 is 4.52 Å². The van der Waals surface area contributed by atoms with Crippen LogP contribution in [0.2, 0.25) is 5.02 Å². The first-order valence-electron chi connectivity index (χ1n) is 8.99. The zero-order chi connectivity index (χ0) is 20.4. The Morgan fingerprint density at radius 2 is 1.72 bits per heavy atom. The molecule has 0 atom stereocenters. The molecule has 0 amide bonds. The van der Waals surface area contributed by atoms with E-state index >= 15 is 0 Å². The average Bonchev–Trinajstić information content (AvgIpc) is 3.17. The molecule has 3 aromatic rings. The van der Waals surface area contributed by atoms with Crippen LogP contribution in [0.15, 0.2) is 57.9 Å². The van der Waals surface area contributed by atoms with Crippen molar-refractivity contribution in [3.05, 3.63) is 65.3 Å². The summed E-state index contributed by atoms with van der Waals surface area (Å²) in [5.41, 5.74) is 0.685. The number of hydrogen-bond acceptors (Lipinski definition) is 6. The van der Waals surface area contributed by atoms with Crippen molar-refractivity contribution in [1.82, 2.24) is 19.3 Å². The quantitative estimate of drug-likeness (QED) is 0.611. The van der Waals surface area contributed by atoms with Gasteiger partial charge in [-0.2, -0.15) is 9.29 Å². The van der Waals surface area contributed by atoms with E-state index in [-0.39, 0.29) is 18.0 Å². The predicted octanol–water partition coefficient (Wildman–Crippen LogP) is 3.04. The van der Waals surface area contributed by atoms with E-state index in [0.29, 0.717) is 41.9 Å². The average molecular weight is 437 g/mol. The van der Waals surface area contributed by atoms with Crippen molar-refractivity contribution in [2.75, 3.05) is 26.2 Å². The van der Waals surface area contributed by atoms with Crippen LogP contribution < -0.4 is 0 Å². The van der Waals surface area contributed by atoms with Gasteiger partial charge in [-0.25, -0.2) is 12.8 Å². The highest BCUT2D eigenvalue weighted by molar-refractivity contribution is 7.89. The van der Waals surface area contributed by atoms with E-state index in [1.807, 2.05) is 23.1 Å². The van der Waals surface area contributed by atoms with E-state index in [1.54, 1.807) is 6.07 Å². The van der Waals surface area contributed by atoms with Gasteiger partial charge in [-0.15, -0.1) is 0 Å². The van der Waals surface area contributed by atoms with Crippen molar-refractivity contribution in [2.45, 2.75) is 11.4 Å². The minimum Gasteiger partial charge on any atom is -0.338 e. The Morgan fingerprint density at radius 1 is 1.03 bits per heavy atom. The minimum absolute atomic E-state index is 0.252. The van der Waals surface area contributed by atoms with Crippen molar-refractivity contribution in [3.63, 3.8) is 0 Å². The van der Waals surface area contributed by atoms with Crippen LogP contribution in [-0.2, 0) is 16.6 Å². The fraction of sp³-hybridized carbons (Fsp3) is 0.263. The number of nitrogens with zero attached hydrogens (tertiary/aromatic N) is 4. The monoisotopic (exact) mass is 436 g/mol. The SMILES string of the molecule is O=S(=O)(c1ccccc1F)N1CCN(Cc2nc(-c3ccccc3Cl)no2)CC1. The second-order valence-electron chi connectivity index (χ2n) is 6.60. The minimum atomic E-state index is -3.86. The van der Waals surface area contributed by atoms with Crippen molar-refractivity contribution >= 4 is 21.6 Å². The van der Waals surface area contributed by atoms with E-state index in [4.69, 9.17) is 16.1 Å². The van der Waals surface area contributed by atoms with Crippen LogP contribution in [-0.4, -0.2) is 53.9 Å². The predicted molar refractivity (Wildman–Crippen MR) is 105 cm³/mol. The second-order valence-corrected chi connectivity index (χ2v) is 8.92. The van der Waals surface area contributed by atoms with Crippen LogP contribution in [0.5, 0.6) is 0 Å². The van der Waals surface area contributed by atoms with Gasteiger partial charge in [0.05, 0.1) is 11.6 Å². The van der Waals surface area contributed by atoms with E-state index in [9.17, 15) is 12.8 Å². The number of aromatic nitrogens is 2.